The number of benzene rings is 1. The molecule has 1 rings (SSSR count). The zero-order valence-corrected chi connectivity index (χ0v) is 13.7. The summed E-state index contributed by atoms with van der Waals surface area (Å²) in [6.07, 6.45) is 2.80. The third-order valence-corrected chi connectivity index (χ3v) is 2.74. The molecule has 0 saturated heterocycles. The Kier molecular flexibility index (Phi) is 6.63. The van der Waals surface area contributed by atoms with Crippen molar-refractivity contribution in [1.82, 2.24) is 4.90 Å². The first kappa shape index (κ1) is 17.8. The summed E-state index contributed by atoms with van der Waals surface area (Å²) >= 11 is 0. The Morgan fingerprint density at radius 2 is 2.00 bits per heavy atom. The standard InChI is InChI=1S/C17H24N2O3/c1-6-12-19(16(20)22-17(2,3)4)15(13-18-21-5)14-10-8-7-9-11-14/h6-11,13,15H,1,12H2,2-5H3/b18-13-. The maximum atomic E-state index is 12.5. The van der Waals surface area contributed by atoms with E-state index in [9.17, 15) is 4.79 Å². The van der Waals surface area contributed by atoms with E-state index < -0.39 is 17.7 Å². The highest BCUT2D eigenvalue weighted by Gasteiger charge is 2.27. The largest absolute Gasteiger partial charge is 0.444 e. The molecule has 0 bridgehead atoms. The van der Waals surface area contributed by atoms with E-state index in [2.05, 4.69) is 11.7 Å². The SMILES string of the molecule is C=CCN(C(=O)OC(C)(C)C)C(/C=N\OC)c1ccccc1. The van der Waals surface area contributed by atoms with Crippen LogP contribution in [0, 0.1) is 0 Å². The van der Waals surface area contributed by atoms with E-state index >= 15 is 0 Å². The van der Waals surface area contributed by atoms with Crippen molar-refractivity contribution in [3.63, 3.8) is 0 Å². The fraction of sp³-hybridized carbons (Fsp3) is 0.412. The number of carbonyl (C=O) groups excluding carboxylic acids is 1. The maximum Gasteiger partial charge on any atom is 0.411 e. The van der Waals surface area contributed by atoms with Gasteiger partial charge in [-0.15, -0.1) is 6.58 Å². The lowest BCUT2D eigenvalue weighted by Gasteiger charge is -2.31. The third-order valence-electron chi connectivity index (χ3n) is 2.74. The number of ether oxygens (including phenoxy) is 1. The zero-order valence-electron chi connectivity index (χ0n) is 13.7. The normalized spacial score (nSPS) is 12.7. The molecule has 1 atom stereocenters. The number of rotatable bonds is 6. The van der Waals surface area contributed by atoms with Crippen molar-refractivity contribution < 1.29 is 14.4 Å². The van der Waals surface area contributed by atoms with Gasteiger partial charge in [0.25, 0.3) is 0 Å². The predicted molar refractivity (Wildman–Crippen MR) is 87.8 cm³/mol. The van der Waals surface area contributed by atoms with E-state index in [1.54, 1.807) is 17.2 Å². The second-order valence-electron chi connectivity index (χ2n) is 5.71. The summed E-state index contributed by atoms with van der Waals surface area (Å²) in [6, 6.07) is 9.18. The second-order valence-corrected chi connectivity index (χ2v) is 5.71. The Bertz CT molecular complexity index is 506. The Balaban J connectivity index is 3.12. The molecule has 1 amide bonds. The van der Waals surface area contributed by atoms with Gasteiger partial charge in [0.1, 0.15) is 12.7 Å². The molecule has 5 nitrogen and oxygen atoms in total. The summed E-state index contributed by atoms with van der Waals surface area (Å²) in [5.41, 5.74) is 0.340. The lowest BCUT2D eigenvalue weighted by molar-refractivity contribution is 0.0236. The van der Waals surface area contributed by atoms with Crippen LogP contribution in [0.25, 0.3) is 0 Å². The average molecular weight is 304 g/mol. The van der Waals surface area contributed by atoms with Crippen LogP contribution in [0.2, 0.25) is 0 Å². The minimum absolute atomic E-state index is 0.338. The third kappa shape index (κ3) is 5.60. The highest BCUT2D eigenvalue weighted by Crippen LogP contribution is 2.22. The van der Waals surface area contributed by atoms with Crippen LogP contribution in [0.1, 0.15) is 32.4 Å². The van der Waals surface area contributed by atoms with Crippen molar-refractivity contribution >= 4 is 12.3 Å². The van der Waals surface area contributed by atoms with Gasteiger partial charge in [0.2, 0.25) is 0 Å². The number of oxime groups is 1. The van der Waals surface area contributed by atoms with Crippen LogP contribution in [0.5, 0.6) is 0 Å². The van der Waals surface area contributed by atoms with Crippen molar-refractivity contribution in [3.05, 3.63) is 48.6 Å². The van der Waals surface area contributed by atoms with Crippen LogP contribution in [0.4, 0.5) is 4.79 Å². The fourth-order valence-corrected chi connectivity index (χ4v) is 1.88. The Morgan fingerprint density at radius 3 is 2.50 bits per heavy atom. The van der Waals surface area contributed by atoms with Crippen molar-refractivity contribution in [2.45, 2.75) is 32.4 Å². The highest BCUT2D eigenvalue weighted by atomic mass is 16.6. The Hall–Kier alpha value is -2.30. The molecule has 0 aliphatic rings. The Labute approximate surface area is 132 Å². The summed E-state index contributed by atoms with van der Waals surface area (Å²) in [7, 11) is 1.46. The first-order valence-corrected chi connectivity index (χ1v) is 7.11. The number of amides is 1. The molecule has 1 unspecified atom stereocenters. The van der Waals surface area contributed by atoms with E-state index in [0.29, 0.717) is 6.54 Å². The summed E-state index contributed by atoms with van der Waals surface area (Å²) in [6.45, 7) is 9.54. The highest BCUT2D eigenvalue weighted by molar-refractivity contribution is 5.77. The zero-order chi connectivity index (χ0) is 16.6. The molecule has 0 aliphatic heterocycles. The number of carbonyl (C=O) groups is 1. The van der Waals surface area contributed by atoms with Crippen LogP contribution in [-0.2, 0) is 9.57 Å². The molecule has 1 aromatic rings. The van der Waals surface area contributed by atoms with E-state index in [1.807, 2.05) is 51.1 Å². The molecule has 0 saturated carbocycles. The minimum atomic E-state index is -0.573. The molecule has 0 aliphatic carbocycles. The van der Waals surface area contributed by atoms with Gasteiger partial charge >= 0.3 is 6.09 Å². The minimum Gasteiger partial charge on any atom is -0.444 e. The molecular formula is C17H24N2O3. The Morgan fingerprint density at radius 1 is 1.36 bits per heavy atom. The quantitative estimate of drug-likeness (QED) is 0.456. The van der Waals surface area contributed by atoms with Crippen molar-refractivity contribution in [1.29, 1.82) is 0 Å². The number of hydrogen-bond donors (Lipinski definition) is 0. The van der Waals surface area contributed by atoms with Crippen LogP contribution in [0.3, 0.4) is 0 Å². The van der Waals surface area contributed by atoms with Crippen molar-refractivity contribution in [2.75, 3.05) is 13.7 Å². The first-order valence-electron chi connectivity index (χ1n) is 7.11. The monoisotopic (exact) mass is 304 g/mol. The molecular weight excluding hydrogens is 280 g/mol. The van der Waals surface area contributed by atoms with Gasteiger partial charge in [0.15, 0.2) is 0 Å². The summed E-state index contributed by atoms with van der Waals surface area (Å²) < 4.78 is 5.47. The van der Waals surface area contributed by atoms with Gasteiger partial charge in [-0.05, 0) is 26.3 Å². The molecule has 0 N–H and O–H groups in total. The van der Waals surface area contributed by atoms with Gasteiger partial charge in [0.05, 0.1) is 12.3 Å². The van der Waals surface area contributed by atoms with Crippen LogP contribution >= 0.6 is 0 Å². The summed E-state index contributed by atoms with van der Waals surface area (Å²) in [5, 5.41) is 3.82. The number of hydrogen-bond acceptors (Lipinski definition) is 4. The van der Waals surface area contributed by atoms with E-state index in [0.717, 1.165) is 5.56 Å². The second kappa shape index (κ2) is 8.22. The molecule has 0 radical (unpaired) electrons. The molecule has 0 aromatic heterocycles. The molecule has 1 aromatic carbocycles. The molecule has 0 fully saturated rings. The number of nitrogens with zero attached hydrogens (tertiary/aromatic N) is 2. The predicted octanol–water partition coefficient (Wildman–Crippen LogP) is 3.78. The van der Waals surface area contributed by atoms with Gasteiger partial charge in [-0.25, -0.2) is 4.79 Å². The van der Waals surface area contributed by atoms with E-state index in [1.165, 1.54) is 7.11 Å². The summed E-state index contributed by atoms with van der Waals surface area (Å²) in [5.74, 6) is 0. The molecule has 120 valence electrons. The van der Waals surface area contributed by atoms with Gasteiger partial charge in [-0.2, -0.15) is 0 Å². The molecule has 5 heteroatoms. The fourth-order valence-electron chi connectivity index (χ4n) is 1.88. The van der Waals surface area contributed by atoms with Gasteiger partial charge in [0, 0.05) is 6.54 Å². The molecule has 22 heavy (non-hydrogen) atoms. The molecule has 0 heterocycles. The smallest absolute Gasteiger partial charge is 0.411 e. The first-order chi connectivity index (χ1) is 10.4. The van der Waals surface area contributed by atoms with Crippen LogP contribution in [-0.4, -0.2) is 36.5 Å². The molecule has 0 spiro atoms. The topological polar surface area (TPSA) is 51.1 Å². The van der Waals surface area contributed by atoms with Gasteiger partial charge in [-0.3, -0.25) is 4.90 Å². The lowest BCUT2D eigenvalue weighted by atomic mass is 10.1. The van der Waals surface area contributed by atoms with Crippen molar-refractivity contribution in [3.8, 4) is 0 Å². The maximum absolute atomic E-state index is 12.5. The lowest BCUT2D eigenvalue weighted by Crippen LogP contribution is -2.40. The van der Waals surface area contributed by atoms with Gasteiger partial charge in [-0.1, -0.05) is 41.6 Å². The van der Waals surface area contributed by atoms with E-state index in [-0.39, 0.29) is 0 Å². The van der Waals surface area contributed by atoms with Crippen molar-refractivity contribution in [2.24, 2.45) is 5.16 Å². The van der Waals surface area contributed by atoms with Crippen LogP contribution < -0.4 is 0 Å². The van der Waals surface area contributed by atoms with Crippen LogP contribution in [0.15, 0.2) is 48.1 Å². The van der Waals surface area contributed by atoms with E-state index in [4.69, 9.17) is 9.57 Å². The van der Waals surface area contributed by atoms with Gasteiger partial charge < -0.3 is 9.57 Å². The average Bonchev–Trinajstić information content (AvgIpc) is 2.45. The summed E-state index contributed by atoms with van der Waals surface area (Å²) in [4.78, 5) is 18.8.